The molecule has 0 aliphatic carbocycles. The van der Waals surface area contributed by atoms with Gasteiger partial charge >= 0.3 is 0 Å². The maximum absolute atomic E-state index is 13.1. The Morgan fingerprint density at radius 1 is 1.14 bits per heavy atom. The zero-order valence-corrected chi connectivity index (χ0v) is 16.5. The number of rotatable bonds is 6. The third-order valence-electron chi connectivity index (χ3n) is 5.46. The molecular formula is C21H25FN6O. The van der Waals surface area contributed by atoms with Gasteiger partial charge in [0, 0.05) is 31.4 Å². The quantitative estimate of drug-likeness (QED) is 0.696. The van der Waals surface area contributed by atoms with Crippen LogP contribution in [0.15, 0.2) is 48.9 Å². The van der Waals surface area contributed by atoms with Crippen molar-refractivity contribution in [3.8, 4) is 0 Å². The fourth-order valence-corrected chi connectivity index (χ4v) is 3.66. The molecular weight excluding hydrogens is 371 g/mol. The van der Waals surface area contributed by atoms with Crippen molar-refractivity contribution in [2.24, 2.45) is 13.0 Å². The second kappa shape index (κ2) is 8.57. The second-order valence-electron chi connectivity index (χ2n) is 7.49. The van der Waals surface area contributed by atoms with Gasteiger partial charge in [0.2, 0.25) is 5.91 Å². The fourth-order valence-electron chi connectivity index (χ4n) is 3.66. The van der Waals surface area contributed by atoms with Gasteiger partial charge < -0.3 is 9.88 Å². The molecule has 0 saturated carbocycles. The fraction of sp³-hybridized carbons (Fsp3) is 0.381. The van der Waals surface area contributed by atoms with Crippen LogP contribution in [0.3, 0.4) is 0 Å². The summed E-state index contributed by atoms with van der Waals surface area (Å²) in [6.45, 7) is 3.03. The maximum atomic E-state index is 13.1. The number of nitrogens with one attached hydrogen (secondary N) is 1. The molecule has 1 saturated heterocycles. The minimum absolute atomic E-state index is 0.0122. The number of piperidine rings is 1. The van der Waals surface area contributed by atoms with E-state index in [4.69, 9.17) is 0 Å². The number of hydrogen-bond acceptors (Lipinski definition) is 4. The monoisotopic (exact) mass is 396 g/mol. The van der Waals surface area contributed by atoms with Crippen LogP contribution in [0.5, 0.6) is 0 Å². The second-order valence-corrected chi connectivity index (χ2v) is 7.49. The van der Waals surface area contributed by atoms with Crippen molar-refractivity contribution >= 4 is 11.7 Å². The van der Waals surface area contributed by atoms with E-state index < -0.39 is 0 Å². The van der Waals surface area contributed by atoms with Gasteiger partial charge in [0.1, 0.15) is 17.5 Å². The largest absolute Gasteiger partial charge is 0.337 e. The summed E-state index contributed by atoms with van der Waals surface area (Å²) in [6.07, 6.45) is 7.06. The summed E-state index contributed by atoms with van der Waals surface area (Å²) in [7, 11) is 2.00. The number of anilines is 1. The molecule has 2 aromatic heterocycles. The highest BCUT2D eigenvalue weighted by atomic mass is 19.1. The summed E-state index contributed by atoms with van der Waals surface area (Å²) in [5.74, 6) is 1.45. The maximum Gasteiger partial charge on any atom is 0.228 e. The standard InChI is InChI=1S/C21H25FN6O/c1-26-13-10-23-20(26)15-27-11-7-17(8-12-27)21(29)25-19-6-9-24-28(19)14-16-2-4-18(22)5-3-16/h2-6,9-10,13,17H,7-8,11-12,14-15H2,1H3,(H,25,29). The van der Waals surface area contributed by atoms with Crippen LogP contribution < -0.4 is 5.32 Å². The van der Waals surface area contributed by atoms with E-state index in [2.05, 4.69) is 20.3 Å². The molecule has 29 heavy (non-hydrogen) atoms. The number of carbonyl (C=O) groups excluding carboxylic acids is 1. The van der Waals surface area contributed by atoms with Gasteiger partial charge in [-0.2, -0.15) is 5.10 Å². The van der Waals surface area contributed by atoms with Crippen LogP contribution in [-0.4, -0.2) is 43.2 Å². The first-order valence-electron chi connectivity index (χ1n) is 9.84. The number of carbonyl (C=O) groups is 1. The lowest BCUT2D eigenvalue weighted by Gasteiger charge is -2.30. The van der Waals surface area contributed by atoms with E-state index >= 15 is 0 Å². The van der Waals surface area contributed by atoms with Gasteiger partial charge in [-0.05, 0) is 43.6 Å². The summed E-state index contributed by atoms with van der Waals surface area (Å²) in [6, 6.07) is 8.09. The number of likely N-dealkylation sites (tertiary alicyclic amines) is 1. The number of aromatic nitrogens is 4. The van der Waals surface area contributed by atoms with Crippen LogP contribution in [0.1, 0.15) is 24.2 Å². The van der Waals surface area contributed by atoms with Gasteiger partial charge in [0.25, 0.3) is 0 Å². The van der Waals surface area contributed by atoms with Crippen LogP contribution in [-0.2, 0) is 24.9 Å². The third kappa shape index (κ3) is 4.71. The lowest BCUT2D eigenvalue weighted by Crippen LogP contribution is -2.38. The van der Waals surface area contributed by atoms with E-state index in [0.29, 0.717) is 12.4 Å². The first-order chi connectivity index (χ1) is 14.1. The number of imidazole rings is 1. The van der Waals surface area contributed by atoms with Gasteiger partial charge in [-0.25, -0.2) is 14.1 Å². The topological polar surface area (TPSA) is 68.0 Å². The highest BCUT2D eigenvalue weighted by Gasteiger charge is 2.26. The number of hydrogen-bond donors (Lipinski definition) is 1. The minimum atomic E-state index is -0.267. The van der Waals surface area contributed by atoms with Crippen molar-refractivity contribution < 1.29 is 9.18 Å². The zero-order valence-electron chi connectivity index (χ0n) is 16.5. The molecule has 0 atom stereocenters. The van der Waals surface area contributed by atoms with Crippen molar-refractivity contribution in [2.45, 2.75) is 25.9 Å². The van der Waals surface area contributed by atoms with Crippen LogP contribution >= 0.6 is 0 Å². The molecule has 1 fully saturated rings. The minimum Gasteiger partial charge on any atom is -0.337 e. The predicted molar refractivity (Wildman–Crippen MR) is 108 cm³/mol. The van der Waals surface area contributed by atoms with Crippen molar-refractivity contribution in [3.05, 3.63) is 66.1 Å². The molecule has 0 bridgehead atoms. The molecule has 0 spiro atoms. The molecule has 1 amide bonds. The molecule has 4 rings (SSSR count). The van der Waals surface area contributed by atoms with E-state index in [1.165, 1.54) is 12.1 Å². The predicted octanol–water partition coefficient (Wildman–Crippen LogP) is 2.65. The molecule has 1 aliphatic rings. The van der Waals surface area contributed by atoms with Gasteiger partial charge in [0.05, 0.1) is 19.3 Å². The van der Waals surface area contributed by atoms with E-state index in [-0.39, 0.29) is 17.6 Å². The smallest absolute Gasteiger partial charge is 0.228 e. The van der Waals surface area contributed by atoms with E-state index in [1.54, 1.807) is 29.1 Å². The number of benzene rings is 1. The Hall–Kier alpha value is -3.00. The van der Waals surface area contributed by atoms with Crippen LogP contribution in [0.25, 0.3) is 0 Å². The average molecular weight is 396 g/mol. The average Bonchev–Trinajstić information content (AvgIpc) is 3.33. The number of aryl methyl sites for hydroxylation is 1. The molecule has 1 aliphatic heterocycles. The van der Waals surface area contributed by atoms with Gasteiger partial charge in [-0.15, -0.1) is 0 Å². The number of halogens is 1. The molecule has 3 heterocycles. The summed E-state index contributed by atoms with van der Waals surface area (Å²) in [4.78, 5) is 19.5. The Kier molecular flexibility index (Phi) is 5.71. The number of amides is 1. The molecule has 1 N–H and O–H groups in total. The summed E-state index contributed by atoms with van der Waals surface area (Å²) >= 11 is 0. The molecule has 7 nitrogen and oxygen atoms in total. The van der Waals surface area contributed by atoms with Gasteiger partial charge in [-0.3, -0.25) is 9.69 Å². The van der Waals surface area contributed by atoms with Crippen LogP contribution in [0, 0.1) is 11.7 Å². The molecule has 1 aromatic carbocycles. The Bertz CT molecular complexity index is 956. The lowest BCUT2D eigenvalue weighted by atomic mass is 9.96. The Balaban J connectivity index is 1.31. The van der Waals surface area contributed by atoms with Crippen LogP contribution in [0.4, 0.5) is 10.2 Å². The molecule has 0 unspecified atom stereocenters. The van der Waals surface area contributed by atoms with Crippen molar-refractivity contribution in [1.29, 1.82) is 0 Å². The van der Waals surface area contributed by atoms with Crippen molar-refractivity contribution in [2.75, 3.05) is 18.4 Å². The highest BCUT2D eigenvalue weighted by Crippen LogP contribution is 2.21. The summed E-state index contributed by atoms with van der Waals surface area (Å²) in [5, 5.41) is 7.30. The Morgan fingerprint density at radius 3 is 2.59 bits per heavy atom. The first kappa shape index (κ1) is 19.3. The summed E-state index contributed by atoms with van der Waals surface area (Å²) < 4.78 is 16.8. The Morgan fingerprint density at radius 2 is 1.90 bits per heavy atom. The lowest BCUT2D eigenvalue weighted by molar-refractivity contribution is -0.121. The molecule has 0 radical (unpaired) electrons. The van der Waals surface area contributed by atoms with Gasteiger partial charge in [0.15, 0.2) is 0 Å². The normalized spacial score (nSPS) is 15.5. The Labute approximate surface area is 169 Å². The van der Waals surface area contributed by atoms with Gasteiger partial charge in [-0.1, -0.05) is 12.1 Å². The molecule has 8 heteroatoms. The van der Waals surface area contributed by atoms with Crippen molar-refractivity contribution in [3.63, 3.8) is 0 Å². The van der Waals surface area contributed by atoms with E-state index in [1.807, 2.05) is 24.0 Å². The third-order valence-corrected chi connectivity index (χ3v) is 5.46. The first-order valence-corrected chi connectivity index (χ1v) is 9.84. The number of nitrogens with zero attached hydrogens (tertiary/aromatic N) is 5. The molecule has 3 aromatic rings. The van der Waals surface area contributed by atoms with E-state index in [9.17, 15) is 9.18 Å². The molecule has 152 valence electrons. The zero-order chi connectivity index (χ0) is 20.2. The van der Waals surface area contributed by atoms with Crippen molar-refractivity contribution in [1.82, 2.24) is 24.2 Å². The highest BCUT2D eigenvalue weighted by molar-refractivity contribution is 5.91. The summed E-state index contributed by atoms with van der Waals surface area (Å²) in [5.41, 5.74) is 0.924. The van der Waals surface area contributed by atoms with E-state index in [0.717, 1.165) is 43.9 Å². The van der Waals surface area contributed by atoms with Crippen LogP contribution in [0.2, 0.25) is 0 Å². The SMILES string of the molecule is Cn1ccnc1CN1CCC(C(=O)Nc2ccnn2Cc2ccc(F)cc2)CC1.